The molecule has 232 valence electrons. The lowest BCUT2D eigenvalue weighted by Crippen LogP contribution is -2.56. The molecule has 2 aromatic rings. The number of ketones is 1. The highest BCUT2D eigenvalue weighted by atomic mass is 35.5. The summed E-state index contributed by atoms with van der Waals surface area (Å²) in [4.78, 5) is 48.4. The lowest BCUT2D eigenvalue weighted by Gasteiger charge is -2.45. The highest BCUT2D eigenvalue weighted by molar-refractivity contribution is 6.31. The van der Waals surface area contributed by atoms with Crippen molar-refractivity contribution in [1.29, 1.82) is 0 Å². The van der Waals surface area contributed by atoms with Gasteiger partial charge in [-0.2, -0.15) is 0 Å². The van der Waals surface area contributed by atoms with Gasteiger partial charge in [0, 0.05) is 38.1 Å². The molecule has 0 bridgehead atoms. The van der Waals surface area contributed by atoms with Crippen molar-refractivity contribution >= 4 is 35.3 Å². The summed E-state index contributed by atoms with van der Waals surface area (Å²) in [5, 5.41) is 0.555. The van der Waals surface area contributed by atoms with Crippen LogP contribution in [0, 0.1) is 5.92 Å². The van der Waals surface area contributed by atoms with Crippen molar-refractivity contribution in [1.82, 2.24) is 0 Å². The van der Waals surface area contributed by atoms with Crippen LogP contribution in [0.2, 0.25) is 5.02 Å². The molecule has 43 heavy (non-hydrogen) atoms. The van der Waals surface area contributed by atoms with Gasteiger partial charge in [0.15, 0.2) is 6.10 Å². The van der Waals surface area contributed by atoms with E-state index in [1.165, 1.54) is 40.5 Å². The number of Topliss-reactive ketones (excluding diaryl/α,β-unsaturated/α-hetero) is 1. The molecule has 0 amide bonds. The molecule has 1 heterocycles. The van der Waals surface area contributed by atoms with Gasteiger partial charge in [0.05, 0.1) is 12.2 Å². The fourth-order valence-corrected chi connectivity index (χ4v) is 6.09. The highest BCUT2D eigenvalue weighted by Crippen LogP contribution is 2.42. The van der Waals surface area contributed by atoms with E-state index >= 15 is 0 Å². The summed E-state index contributed by atoms with van der Waals surface area (Å²) in [6.45, 7) is 4.90. The minimum atomic E-state index is -1.10. The van der Waals surface area contributed by atoms with E-state index in [0.29, 0.717) is 17.0 Å². The Morgan fingerprint density at radius 2 is 1.51 bits per heavy atom. The molecule has 10 heteroatoms. The molecule has 2 aliphatic rings. The quantitative estimate of drug-likeness (QED) is 0.232. The van der Waals surface area contributed by atoms with E-state index in [1.807, 2.05) is 30.3 Å². The summed E-state index contributed by atoms with van der Waals surface area (Å²) < 4.78 is 29.0. The number of benzene rings is 2. The first-order chi connectivity index (χ1) is 20.5. The fraction of sp³-hybridized carbons (Fsp3) is 0.515. The second-order valence-electron chi connectivity index (χ2n) is 11.3. The number of rotatable bonds is 11. The van der Waals surface area contributed by atoms with Gasteiger partial charge in [-0.05, 0) is 73.9 Å². The summed E-state index contributed by atoms with van der Waals surface area (Å²) in [6, 6.07) is 13.4. The molecule has 1 aliphatic heterocycles. The summed E-state index contributed by atoms with van der Waals surface area (Å²) >= 11 is 6.64. The Labute approximate surface area is 257 Å². The normalized spacial score (nSPS) is 23.8. The molecule has 1 saturated heterocycles. The molecule has 0 unspecified atom stereocenters. The Bertz CT molecular complexity index is 1300. The number of hydrogen-bond acceptors (Lipinski definition) is 9. The number of carbonyl (C=O) groups excluding carboxylic acids is 4. The predicted octanol–water partition coefficient (Wildman–Crippen LogP) is 5.71. The number of hydrogen-bond donors (Lipinski definition) is 0. The van der Waals surface area contributed by atoms with Crippen LogP contribution in [0.25, 0.3) is 0 Å². The second kappa shape index (κ2) is 14.8. The fourth-order valence-electron chi connectivity index (χ4n) is 5.90. The molecule has 2 fully saturated rings. The lowest BCUT2D eigenvalue weighted by atomic mass is 9.80. The van der Waals surface area contributed by atoms with E-state index in [0.717, 1.165) is 29.7 Å². The standard InChI is InChI=1S/C33H39ClO9/c1-19(35)15-28-31(43-30(18-39-20(2)36)33(41-22(4)38)32(28)40-21(3)37)24-11-14-29(34)25(17-24)16-23-9-12-27(13-10-23)42-26-7-5-6-8-26/h9-14,17,26,28,30-33H,5-8,15-16,18H2,1-4H3/t28-,30+,31-,32+,33+/m0/s1. The van der Waals surface area contributed by atoms with Crippen LogP contribution in [0.4, 0.5) is 0 Å². The number of esters is 3. The molecule has 0 radical (unpaired) electrons. The van der Waals surface area contributed by atoms with Gasteiger partial charge in [-0.25, -0.2) is 0 Å². The summed E-state index contributed by atoms with van der Waals surface area (Å²) in [7, 11) is 0. The molecule has 9 nitrogen and oxygen atoms in total. The third-order valence-corrected chi connectivity index (χ3v) is 8.09. The highest BCUT2D eigenvalue weighted by Gasteiger charge is 2.50. The van der Waals surface area contributed by atoms with E-state index in [2.05, 4.69) is 0 Å². The smallest absolute Gasteiger partial charge is 0.303 e. The van der Waals surface area contributed by atoms with Gasteiger partial charge in [0.2, 0.25) is 0 Å². The molecular weight excluding hydrogens is 576 g/mol. The zero-order valence-electron chi connectivity index (χ0n) is 25.0. The Hall–Kier alpha value is -3.43. The van der Waals surface area contributed by atoms with Crippen LogP contribution < -0.4 is 4.74 Å². The minimum Gasteiger partial charge on any atom is -0.490 e. The molecule has 0 N–H and O–H groups in total. The maximum atomic E-state index is 12.4. The van der Waals surface area contributed by atoms with Crippen molar-refractivity contribution < 1.29 is 42.9 Å². The lowest BCUT2D eigenvalue weighted by molar-refractivity contribution is -0.235. The first-order valence-electron chi connectivity index (χ1n) is 14.7. The van der Waals surface area contributed by atoms with Crippen LogP contribution in [0.15, 0.2) is 42.5 Å². The van der Waals surface area contributed by atoms with Crippen LogP contribution in [0.5, 0.6) is 5.75 Å². The second-order valence-corrected chi connectivity index (χ2v) is 11.7. The van der Waals surface area contributed by atoms with Gasteiger partial charge in [-0.15, -0.1) is 0 Å². The van der Waals surface area contributed by atoms with Crippen LogP contribution in [0.3, 0.4) is 0 Å². The molecule has 2 aromatic carbocycles. The van der Waals surface area contributed by atoms with Gasteiger partial charge in [0.25, 0.3) is 0 Å². The van der Waals surface area contributed by atoms with Crippen molar-refractivity contribution in [2.24, 2.45) is 5.92 Å². The summed E-state index contributed by atoms with van der Waals surface area (Å²) in [5.74, 6) is -1.81. The van der Waals surface area contributed by atoms with Crippen LogP contribution in [0.1, 0.15) is 82.6 Å². The van der Waals surface area contributed by atoms with Crippen molar-refractivity contribution in [3.63, 3.8) is 0 Å². The van der Waals surface area contributed by atoms with Crippen molar-refractivity contribution in [2.75, 3.05) is 6.61 Å². The number of halogens is 1. The average molecular weight is 615 g/mol. The summed E-state index contributed by atoms with van der Waals surface area (Å²) in [6.07, 6.45) is 1.50. The third-order valence-electron chi connectivity index (χ3n) is 7.72. The van der Waals surface area contributed by atoms with Crippen molar-refractivity contribution in [3.8, 4) is 5.75 Å². The van der Waals surface area contributed by atoms with E-state index in [4.69, 9.17) is 35.3 Å². The van der Waals surface area contributed by atoms with Crippen LogP contribution in [-0.2, 0) is 44.5 Å². The molecule has 5 atom stereocenters. The zero-order chi connectivity index (χ0) is 31.1. The predicted molar refractivity (Wildman–Crippen MR) is 158 cm³/mol. The first-order valence-corrected chi connectivity index (χ1v) is 15.0. The molecule has 0 spiro atoms. The van der Waals surface area contributed by atoms with E-state index in [-0.39, 0.29) is 24.9 Å². The summed E-state index contributed by atoms with van der Waals surface area (Å²) in [5.41, 5.74) is 2.55. The van der Waals surface area contributed by atoms with Crippen molar-refractivity contribution in [2.45, 2.75) is 96.7 Å². The maximum absolute atomic E-state index is 12.4. The van der Waals surface area contributed by atoms with E-state index < -0.39 is 48.2 Å². The van der Waals surface area contributed by atoms with E-state index in [1.54, 1.807) is 12.1 Å². The van der Waals surface area contributed by atoms with Crippen LogP contribution in [-0.4, -0.2) is 54.7 Å². The molecule has 4 rings (SSSR count). The number of ether oxygens (including phenoxy) is 5. The SMILES string of the molecule is CC(=O)C[C@@H]1[C@@H](OC(C)=O)[C@H](OC(C)=O)[C@@H](COC(C)=O)O[C@H]1c1ccc(Cl)c(Cc2ccc(OC3CCCC3)cc2)c1. The molecular formula is C33H39ClO9. The third kappa shape index (κ3) is 9.03. The van der Waals surface area contributed by atoms with Crippen molar-refractivity contribution in [3.05, 3.63) is 64.2 Å². The number of carbonyl (C=O) groups is 4. The Kier molecular flexibility index (Phi) is 11.2. The van der Waals surface area contributed by atoms with Gasteiger partial charge in [-0.3, -0.25) is 14.4 Å². The first kappa shape index (κ1) is 32.5. The molecule has 1 saturated carbocycles. The Balaban J connectivity index is 1.65. The minimum absolute atomic E-state index is 0.0128. The van der Waals surface area contributed by atoms with Gasteiger partial charge < -0.3 is 28.5 Å². The molecule has 1 aliphatic carbocycles. The van der Waals surface area contributed by atoms with Gasteiger partial charge >= 0.3 is 17.9 Å². The van der Waals surface area contributed by atoms with E-state index in [9.17, 15) is 19.2 Å². The maximum Gasteiger partial charge on any atom is 0.303 e. The molecule has 0 aromatic heterocycles. The van der Waals surface area contributed by atoms with Gasteiger partial charge in [0.1, 0.15) is 30.3 Å². The average Bonchev–Trinajstić information content (AvgIpc) is 3.44. The largest absolute Gasteiger partial charge is 0.490 e. The Morgan fingerprint density at radius 1 is 0.860 bits per heavy atom. The van der Waals surface area contributed by atoms with Crippen LogP contribution >= 0.6 is 11.6 Å². The Morgan fingerprint density at radius 3 is 2.12 bits per heavy atom. The zero-order valence-corrected chi connectivity index (χ0v) is 25.8. The monoisotopic (exact) mass is 614 g/mol. The van der Waals surface area contributed by atoms with Gasteiger partial charge in [-0.1, -0.05) is 35.9 Å². The topological polar surface area (TPSA) is 114 Å².